The molecular weight excluding hydrogens is 335 g/mol. The second-order valence-corrected chi connectivity index (χ2v) is 5.03. The summed E-state index contributed by atoms with van der Waals surface area (Å²) in [6.45, 7) is 1.89. The Kier molecular flexibility index (Phi) is 6.81. The van der Waals surface area contributed by atoms with Gasteiger partial charge in [0.1, 0.15) is 17.3 Å². The first-order valence-corrected chi connectivity index (χ1v) is 6.91. The molecule has 0 radical (unpaired) electrons. The van der Waals surface area contributed by atoms with E-state index in [0.717, 1.165) is 22.6 Å². The fraction of sp³-hybridized carbons (Fsp3) is 0.250. The normalized spacial score (nSPS) is 16.8. The van der Waals surface area contributed by atoms with Crippen molar-refractivity contribution in [3.8, 4) is 5.75 Å². The van der Waals surface area contributed by atoms with E-state index in [1.54, 1.807) is 12.4 Å². The van der Waals surface area contributed by atoms with Gasteiger partial charge < -0.3 is 15.8 Å². The van der Waals surface area contributed by atoms with Crippen LogP contribution in [0.15, 0.2) is 47.7 Å². The molecule has 0 spiro atoms. The number of aliphatic imine (C=N–C) groups is 1. The zero-order valence-corrected chi connectivity index (χ0v) is 14.5. The Hall–Kier alpha value is -1.82. The summed E-state index contributed by atoms with van der Waals surface area (Å²) in [7, 11) is 1.93. The van der Waals surface area contributed by atoms with Gasteiger partial charge in [-0.1, -0.05) is 6.07 Å². The Morgan fingerprint density at radius 3 is 2.48 bits per heavy atom. The van der Waals surface area contributed by atoms with Crippen LogP contribution in [0.3, 0.4) is 0 Å². The zero-order valence-electron chi connectivity index (χ0n) is 12.9. The van der Waals surface area contributed by atoms with E-state index in [1.807, 2.05) is 44.3 Å². The molecule has 7 heteroatoms. The standard InChI is InChI=1S/C16H18N4O.2ClH/c1-10-16(17)20-13-9-12(3-4-14(13)21-10)15(18-2)11-5-7-19-8-6-11;;/h3-10,15,18H,1-2H3,(H2,17,20);2*1H. The van der Waals surface area contributed by atoms with Crippen LogP contribution < -0.4 is 15.8 Å². The summed E-state index contributed by atoms with van der Waals surface area (Å²) in [4.78, 5) is 8.49. The fourth-order valence-electron chi connectivity index (χ4n) is 2.46. The van der Waals surface area contributed by atoms with Gasteiger partial charge in [-0.3, -0.25) is 4.98 Å². The summed E-state index contributed by atoms with van der Waals surface area (Å²) in [5.74, 6) is 1.27. The maximum Gasteiger partial charge on any atom is 0.153 e. The van der Waals surface area contributed by atoms with Crippen LogP contribution in [0.1, 0.15) is 24.1 Å². The highest BCUT2D eigenvalue weighted by atomic mass is 35.5. The average Bonchev–Trinajstić information content (AvgIpc) is 2.50. The first-order valence-electron chi connectivity index (χ1n) is 6.91. The number of amidine groups is 1. The van der Waals surface area contributed by atoms with Crippen LogP contribution in [0.25, 0.3) is 0 Å². The highest BCUT2D eigenvalue weighted by Gasteiger charge is 2.20. The van der Waals surface area contributed by atoms with Crippen molar-refractivity contribution < 1.29 is 4.74 Å². The number of fused-ring (bicyclic) bond motifs is 1. The molecule has 0 fully saturated rings. The summed E-state index contributed by atoms with van der Waals surface area (Å²) < 4.78 is 5.73. The van der Waals surface area contributed by atoms with E-state index in [2.05, 4.69) is 15.3 Å². The molecule has 3 rings (SSSR count). The number of hydrogen-bond donors (Lipinski definition) is 2. The number of benzene rings is 1. The molecule has 124 valence electrons. The first kappa shape index (κ1) is 19.2. The molecule has 1 aromatic heterocycles. The van der Waals surface area contributed by atoms with Crippen LogP contribution in [-0.4, -0.2) is 24.0 Å². The molecule has 2 unspecified atom stereocenters. The quantitative estimate of drug-likeness (QED) is 0.888. The molecule has 23 heavy (non-hydrogen) atoms. The molecule has 1 aliphatic rings. The van der Waals surface area contributed by atoms with E-state index in [4.69, 9.17) is 10.5 Å². The average molecular weight is 355 g/mol. The zero-order chi connectivity index (χ0) is 14.8. The number of nitrogens with zero attached hydrogens (tertiary/aromatic N) is 2. The predicted octanol–water partition coefficient (Wildman–Crippen LogP) is 3.00. The molecular formula is C16H20Cl2N4O. The van der Waals surface area contributed by atoms with E-state index in [9.17, 15) is 0 Å². The Morgan fingerprint density at radius 1 is 1.13 bits per heavy atom. The minimum atomic E-state index is -0.177. The Labute approximate surface area is 148 Å². The molecule has 0 saturated carbocycles. The topological polar surface area (TPSA) is 72.5 Å². The maximum atomic E-state index is 5.86. The number of nitrogens with two attached hydrogens (primary N) is 1. The van der Waals surface area contributed by atoms with Gasteiger partial charge in [0, 0.05) is 12.4 Å². The molecule has 0 aliphatic carbocycles. The van der Waals surface area contributed by atoms with Gasteiger partial charge in [0.05, 0.1) is 6.04 Å². The van der Waals surface area contributed by atoms with Crippen molar-refractivity contribution in [1.29, 1.82) is 0 Å². The first-order chi connectivity index (χ1) is 10.2. The van der Waals surface area contributed by atoms with Crippen LogP contribution in [0, 0.1) is 0 Å². The van der Waals surface area contributed by atoms with Crippen LogP contribution in [0.2, 0.25) is 0 Å². The molecule has 0 amide bonds. The molecule has 2 heterocycles. The Bertz CT molecular complexity index is 679. The van der Waals surface area contributed by atoms with E-state index in [0.29, 0.717) is 5.84 Å². The summed E-state index contributed by atoms with van der Waals surface area (Å²) in [5.41, 5.74) is 8.90. The Morgan fingerprint density at radius 2 is 1.83 bits per heavy atom. The second kappa shape index (κ2) is 8.15. The smallest absolute Gasteiger partial charge is 0.153 e. The van der Waals surface area contributed by atoms with Crippen LogP contribution in [0.4, 0.5) is 5.69 Å². The van der Waals surface area contributed by atoms with Crippen molar-refractivity contribution in [2.24, 2.45) is 10.7 Å². The van der Waals surface area contributed by atoms with Crippen molar-refractivity contribution in [2.75, 3.05) is 7.05 Å². The number of ether oxygens (including phenoxy) is 1. The van der Waals surface area contributed by atoms with Crippen molar-refractivity contribution in [2.45, 2.75) is 19.1 Å². The fourth-order valence-corrected chi connectivity index (χ4v) is 2.46. The molecule has 2 atom stereocenters. The number of rotatable bonds is 3. The number of aromatic nitrogens is 1. The van der Waals surface area contributed by atoms with E-state index >= 15 is 0 Å². The molecule has 1 aliphatic heterocycles. The van der Waals surface area contributed by atoms with E-state index in [1.165, 1.54) is 0 Å². The lowest BCUT2D eigenvalue weighted by Gasteiger charge is -2.23. The van der Waals surface area contributed by atoms with Crippen LogP contribution in [0.5, 0.6) is 5.75 Å². The maximum absolute atomic E-state index is 5.86. The van der Waals surface area contributed by atoms with Crippen molar-refractivity contribution >= 4 is 36.3 Å². The van der Waals surface area contributed by atoms with Gasteiger partial charge in [0.2, 0.25) is 0 Å². The van der Waals surface area contributed by atoms with Gasteiger partial charge in [-0.25, -0.2) is 4.99 Å². The third-order valence-electron chi connectivity index (χ3n) is 3.61. The van der Waals surface area contributed by atoms with Gasteiger partial charge in [0.25, 0.3) is 0 Å². The van der Waals surface area contributed by atoms with Gasteiger partial charge in [0.15, 0.2) is 6.10 Å². The molecule has 2 aromatic rings. The third-order valence-corrected chi connectivity index (χ3v) is 3.61. The monoisotopic (exact) mass is 354 g/mol. The molecule has 0 bridgehead atoms. The van der Waals surface area contributed by atoms with Crippen molar-refractivity contribution in [1.82, 2.24) is 10.3 Å². The van der Waals surface area contributed by atoms with E-state index in [-0.39, 0.29) is 37.0 Å². The summed E-state index contributed by atoms with van der Waals surface area (Å²) >= 11 is 0. The third kappa shape index (κ3) is 3.93. The summed E-state index contributed by atoms with van der Waals surface area (Å²) in [6, 6.07) is 10.1. The molecule has 0 saturated heterocycles. The second-order valence-electron chi connectivity index (χ2n) is 5.03. The lowest BCUT2D eigenvalue weighted by molar-refractivity contribution is 0.281. The molecule has 5 nitrogen and oxygen atoms in total. The number of halogens is 2. The lowest BCUT2D eigenvalue weighted by atomic mass is 9.99. The van der Waals surface area contributed by atoms with Crippen molar-refractivity contribution in [3.05, 3.63) is 53.9 Å². The predicted molar refractivity (Wildman–Crippen MR) is 97.5 cm³/mol. The number of hydrogen-bond acceptors (Lipinski definition) is 5. The highest BCUT2D eigenvalue weighted by Crippen LogP contribution is 2.35. The SMILES string of the molecule is CNC(c1ccncc1)c1ccc2c(c1)N=C(N)C(C)O2.Cl.Cl. The van der Waals surface area contributed by atoms with Gasteiger partial charge in [-0.05, 0) is 49.4 Å². The van der Waals surface area contributed by atoms with Crippen molar-refractivity contribution in [3.63, 3.8) is 0 Å². The lowest BCUT2D eigenvalue weighted by Crippen LogP contribution is -2.33. The molecule has 3 N–H and O–H groups in total. The number of nitrogens with one attached hydrogen (secondary N) is 1. The Balaban J connectivity index is 0.00000132. The highest BCUT2D eigenvalue weighted by molar-refractivity contribution is 5.89. The minimum absolute atomic E-state index is 0. The van der Waals surface area contributed by atoms with Crippen LogP contribution >= 0.6 is 24.8 Å². The largest absolute Gasteiger partial charge is 0.481 e. The van der Waals surface area contributed by atoms with Gasteiger partial charge in [-0.15, -0.1) is 24.8 Å². The number of pyridine rings is 1. The van der Waals surface area contributed by atoms with Gasteiger partial charge in [-0.2, -0.15) is 0 Å². The van der Waals surface area contributed by atoms with E-state index < -0.39 is 0 Å². The minimum Gasteiger partial charge on any atom is -0.481 e. The van der Waals surface area contributed by atoms with Crippen LogP contribution in [-0.2, 0) is 0 Å². The summed E-state index contributed by atoms with van der Waals surface area (Å²) in [5, 5.41) is 3.31. The molecule has 1 aromatic carbocycles. The summed E-state index contributed by atoms with van der Waals surface area (Å²) in [6.07, 6.45) is 3.40. The van der Waals surface area contributed by atoms with Gasteiger partial charge >= 0.3 is 0 Å².